The summed E-state index contributed by atoms with van der Waals surface area (Å²) >= 11 is 0. The molecule has 0 atom stereocenters. The summed E-state index contributed by atoms with van der Waals surface area (Å²) < 4.78 is 16.3. The van der Waals surface area contributed by atoms with E-state index in [0.717, 1.165) is 37.0 Å². The number of para-hydroxylation sites is 1. The molecule has 3 heterocycles. The first-order chi connectivity index (χ1) is 14.3. The van der Waals surface area contributed by atoms with Crippen LogP contribution in [0.3, 0.4) is 0 Å². The van der Waals surface area contributed by atoms with Crippen LogP contribution < -0.4 is 10.6 Å². The molecule has 0 amide bonds. The van der Waals surface area contributed by atoms with Gasteiger partial charge in [-0.25, -0.2) is 14.4 Å². The van der Waals surface area contributed by atoms with Gasteiger partial charge in [0.2, 0.25) is 11.9 Å². The van der Waals surface area contributed by atoms with E-state index in [1.807, 2.05) is 12.1 Å². The first-order valence-electron chi connectivity index (χ1n) is 9.71. The lowest BCUT2D eigenvalue weighted by molar-refractivity contribution is 0.535. The van der Waals surface area contributed by atoms with Gasteiger partial charge in [0.15, 0.2) is 5.65 Å². The van der Waals surface area contributed by atoms with Crippen LogP contribution in [-0.4, -0.2) is 24.5 Å². The third-order valence-electron chi connectivity index (χ3n) is 5.18. The van der Waals surface area contributed by atoms with Crippen molar-refractivity contribution in [2.24, 2.45) is 0 Å². The molecule has 7 nitrogen and oxygen atoms in total. The number of anilines is 4. The number of benzene rings is 1. The molecule has 0 aliphatic heterocycles. The number of pyridine rings is 1. The molecular weight excluding hydrogens is 369 g/mol. The number of halogens is 1. The maximum absolute atomic E-state index is 14.2. The van der Waals surface area contributed by atoms with Crippen molar-refractivity contribution in [3.8, 4) is 0 Å². The zero-order valence-electron chi connectivity index (χ0n) is 15.7. The summed E-state index contributed by atoms with van der Waals surface area (Å²) in [4.78, 5) is 17.8. The lowest BCUT2D eigenvalue weighted by atomic mass is 10.2. The Morgan fingerprint density at radius 1 is 0.966 bits per heavy atom. The van der Waals surface area contributed by atoms with Crippen molar-refractivity contribution in [2.75, 3.05) is 10.6 Å². The van der Waals surface area contributed by atoms with E-state index in [1.165, 1.54) is 6.07 Å². The number of rotatable bonds is 5. The second-order valence-electron chi connectivity index (χ2n) is 7.11. The summed E-state index contributed by atoms with van der Waals surface area (Å²) in [6, 6.07) is 10.6. The SMILES string of the molecule is Fc1ccccc1Nc1nc2cnc(Nc3ccncc3)nc2n1C1CCCC1. The maximum Gasteiger partial charge on any atom is 0.229 e. The summed E-state index contributed by atoms with van der Waals surface area (Å²) in [7, 11) is 0. The van der Waals surface area contributed by atoms with Crippen LogP contribution >= 0.6 is 0 Å². The smallest absolute Gasteiger partial charge is 0.229 e. The summed E-state index contributed by atoms with van der Waals surface area (Å²) in [5, 5.41) is 6.35. The molecule has 2 N–H and O–H groups in total. The molecule has 1 saturated carbocycles. The Morgan fingerprint density at radius 2 is 1.76 bits per heavy atom. The highest BCUT2D eigenvalue weighted by Gasteiger charge is 2.24. The highest BCUT2D eigenvalue weighted by molar-refractivity contribution is 5.77. The number of fused-ring (bicyclic) bond motifs is 1. The molecule has 0 spiro atoms. The van der Waals surface area contributed by atoms with E-state index >= 15 is 0 Å². The summed E-state index contributed by atoms with van der Waals surface area (Å²) in [6.07, 6.45) is 9.54. The van der Waals surface area contributed by atoms with Crippen molar-refractivity contribution in [3.05, 3.63) is 60.8 Å². The van der Waals surface area contributed by atoms with Crippen LogP contribution in [0.4, 0.5) is 27.7 Å². The van der Waals surface area contributed by atoms with Crippen molar-refractivity contribution in [2.45, 2.75) is 31.7 Å². The van der Waals surface area contributed by atoms with E-state index in [1.54, 1.807) is 36.8 Å². The van der Waals surface area contributed by atoms with Crippen molar-refractivity contribution in [1.29, 1.82) is 0 Å². The van der Waals surface area contributed by atoms with Crippen molar-refractivity contribution in [3.63, 3.8) is 0 Å². The van der Waals surface area contributed by atoms with Gasteiger partial charge in [-0.05, 0) is 37.1 Å². The first-order valence-corrected chi connectivity index (χ1v) is 9.71. The van der Waals surface area contributed by atoms with Crippen molar-refractivity contribution >= 4 is 34.4 Å². The third-order valence-corrected chi connectivity index (χ3v) is 5.18. The molecule has 3 aromatic heterocycles. The number of hydrogen-bond donors (Lipinski definition) is 2. The topological polar surface area (TPSA) is 80.6 Å². The first kappa shape index (κ1) is 17.5. The van der Waals surface area contributed by atoms with Gasteiger partial charge in [-0.1, -0.05) is 25.0 Å². The second-order valence-corrected chi connectivity index (χ2v) is 7.11. The highest BCUT2D eigenvalue weighted by atomic mass is 19.1. The predicted octanol–water partition coefficient (Wildman–Crippen LogP) is 4.96. The van der Waals surface area contributed by atoms with E-state index in [2.05, 4.69) is 30.2 Å². The van der Waals surface area contributed by atoms with E-state index in [9.17, 15) is 4.39 Å². The lowest BCUT2D eigenvalue weighted by Gasteiger charge is -2.17. The van der Waals surface area contributed by atoms with Crippen LogP contribution in [-0.2, 0) is 0 Å². The van der Waals surface area contributed by atoms with Crippen LogP contribution in [0.2, 0.25) is 0 Å². The molecule has 8 heteroatoms. The van der Waals surface area contributed by atoms with E-state index < -0.39 is 0 Å². The van der Waals surface area contributed by atoms with Crippen LogP contribution in [0.5, 0.6) is 0 Å². The zero-order valence-corrected chi connectivity index (χ0v) is 15.7. The number of nitrogens with one attached hydrogen (secondary N) is 2. The average molecular weight is 389 g/mol. The van der Waals surface area contributed by atoms with Gasteiger partial charge in [-0.2, -0.15) is 4.98 Å². The highest BCUT2D eigenvalue weighted by Crippen LogP contribution is 2.36. The summed E-state index contributed by atoms with van der Waals surface area (Å²) in [5.74, 6) is 0.760. The molecule has 0 radical (unpaired) electrons. The molecule has 4 aromatic rings. The fourth-order valence-corrected chi connectivity index (χ4v) is 3.80. The minimum absolute atomic E-state index is 0.276. The fourth-order valence-electron chi connectivity index (χ4n) is 3.80. The lowest BCUT2D eigenvalue weighted by Crippen LogP contribution is -2.10. The maximum atomic E-state index is 14.2. The van der Waals surface area contributed by atoms with Crippen LogP contribution in [0.15, 0.2) is 55.0 Å². The molecule has 146 valence electrons. The molecule has 1 aliphatic carbocycles. The largest absolute Gasteiger partial charge is 0.324 e. The number of aromatic nitrogens is 5. The number of hydrogen-bond acceptors (Lipinski definition) is 6. The van der Waals surface area contributed by atoms with E-state index in [-0.39, 0.29) is 11.9 Å². The second kappa shape index (κ2) is 7.46. The van der Waals surface area contributed by atoms with Gasteiger partial charge >= 0.3 is 0 Å². The van der Waals surface area contributed by atoms with Gasteiger partial charge < -0.3 is 10.6 Å². The average Bonchev–Trinajstić information content (AvgIpc) is 3.37. The van der Waals surface area contributed by atoms with Crippen LogP contribution in [0.1, 0.15) is 31.7 Å². The molecule has 1 fully saturated rings. The van der Waals surface area contributed by atoms with E-state index in [0.29, 0.717) is 23.1 Å². The Labute approximate surface area is 167 Å². The van der Waals surface area contributed by atoms with Crippen molar-refractivity contribution in [1.82, 2.24) is 24.5 Å². The molecule has 5 rings (SSSR count). The van der Waals surface area contributed by atoms with Crippen LogP contribution in [0, 0.1) is 5.82 Å². The Bertz CT molecular complexity index is 1140. The summed E-state index contributed by atoms with van der Waals surface area (Å²) in [5.41, 5.74) is 2.67. The molecule has 0 saturated heterocycles. The van der Waals surface area contributed by atoms with Gasteiger partial charge in [-0.3, -0.25) is 9.55 Å². The van der Waals surface area contributed by atoms with Gasteiger partial charge in [-0.15, -0.1) is 0 Å². The molecule has 0 bridgehead atoms. The summed E-state index contributed by atoms with van der Waals surface area (Å²) in [6.45, 7) is 0. The van der Waals surface area contributed by atoms with Gasteiger partial charge in [0.25, 0.3) is 0 Å². The molecular formula is C21H20FN7. The van der Waals surface area contributed by atoms with Gasteiger partial charge in [0.1, 0.15) is 11.3 Å². The molecule has 1 aliphatic rings. The number of nitrogens with zero attached hydrogens (tertiary/aromatic N) is 5. The Kier molecular flexibility index (Phi) is 4.51. The quantitative estimate of drug-likeness (QED) is 0.502. The minimum Gasteiger partial charge on any atom is -0.324 e. The standard InChI is InChI=1S/C21H20FN7/c22-16-7-3-4-8-17(16)26-21-27-18-13-24-20(25-14-9-11-23-12-10-14)28-19(18)29(21)15-5-1-2-6-15/h3-4,7-13,15H,1-2,5-6H2,(H,26,27)(H,23,24,25,28). The molecule has 29 heavy (non-hydrogen) atoms. The number of imidazole rings is 1. The van der Waals surface area contributed by atoms with Gasteiger partial charge in [0, 0.05) is 24.1 Å². The normalized spacial score (nSPS) is 14.4. The van der Waals surface area contributed by atoms with Crippen molar-refractivity contribution < 1.29 is 4.39 Å². The Morgan fingerprint density at radius 3 is 2.55 bits per heavy atom. The molecule has 1 aromatic carbocycles. The Balaban J connectivity index is 1.57. The van der Waals surface area contributed by atoms with E-state index in [4.69, 9.17) is 4.98 Å². The Hall–Kier alpha value is -3.55. The monoisotopic (exact) mass is 389 g/mol. The fraction of sp³-hybridized carbons (Fsp3) is 0.238. The zero-order chi connectivity index (χ0) is 19.6. The molecule has 0 unspecified atom stereocenters. The third kappa shape index (κ3) is 3.49. The predicted molar refractivity (Wildman–Crippen MR) is 110 cm³/mol. The van der Waals surface area contributed by atoms with Crippen LogP contribution in [0.25, 0.3) is 11.2 Å². The minimum atomic E-state index is -0.316. The van der Waals surface area contributed by atoms with Gasteiger partial charge in [0.05, 0.1) is 11.9 Å².